The lowest BCUT2D eigenvalue weighted by molar-refractivity contribution is -0.145. The highest BCUT2D eigenvalue weighted by molar-refractivity contribution is 5.79. The molecule has 5 fully saturated rings. The van der Waals surface area contributed by atoms with Crippen molar-refractivity contribution in [1.29, 1.82) is 0 Å². The van der Waals surface area contributed by atoms with Gasteiger partial charge in [-0.15, -0.1) is 0 Å². The van der Waals surface area contributed by atoms with Crippen molar-refractivity contribution in [3.8, 4) is 5.75 Å². The van der Waals surface area contributed by atoms with E-state index in [2.05, 4.69) is 43.0 Å². The van der Waals surface area contributed by atoms with Crippen LogP contribution in [0.25, 0.3) is 0 Å². The number of Topliss-reactive ketones (excluding diaryl/α,β-unsaturated/α-hetero) is 1. The van der Waals surface area contributed by atoms with Crippen molar-refractivity contribution in [2.45, 2.75) is 129 Å². The molecule has 0 bridgehead atoms. The average molecular weight is 536 g/mol. The predicted molar refractivity (Wildman–Crippen MR) is 157 cm³/mol. The fraction of sp³-hybridized carbons (Fsp3) is 0.800. The summed E-state index contributed by atoms with van der Waals surface area (Å²) >= 11 is 0. The Labute approximate surface area is 237 Å². The van der Waals surface area contributed by atoms with E-state index in [1.807, 2.05) is 0 Å². The minimum atomic E-state index is -0.189. The Morgan fingerprint density at radius 3 is 2.69 bits per heavy atom. The second kappa shape index (κ2) is 11.5. The highest BCUT2D eigenvalue weighted by Gasteiger charge is 2.61. The third-order valence-corrected chi connectivity index (χ3v) is 12.6. The van der Waals surface area contributed by atoms with E-state index in [-0.39, 0.29) is 11.5 Å². The van der Waals surface area contributed by atoms with Crippen molar-refractivity contribution in [2.24, 2.45) is 34.5 Å². The van der Waals surface area contributed by atoms with Gasteiger partial charge in [0.15, 0.2) is 0 Å². The Morgan fingerprint density at radius 2 is 1.87 bits per heavy atom. The van der Waals surface area contributed by atoms with Crippen LogP contribution in [0.1, 0.15) is 116 Å². The van der Waals surface area contributed by atoms with Crippen LogP contribution in [-0.2, 0) is 11.3 Å². The second-order valence-electron chi connectivity index (χ2n) is 14.4. The normalized spacial score (nSPS) is 38.5. The lowest BCUT2D eigenvalue weighted by atomic mass is 9.44. The van der Waals surface area contributed by atoms with Crippen LogP contribution in [0.15, 0.2) is 24.3 Å². The Balaban J connectivity index is 1.10. The molecular formula is C35H53NO3. The Morgan fingerprint density at radius 1 is 1.03 bits per heavy atom. The zero-order valence-electron chi connectivity index (χ0n) is 24.7. The summed E-state index contributed by atoms with van der Waals surface area (Å²) in [4.78, 5) is 14.9. The van der Waals surface area contributed by atoms with Crippen molar-refractivity contribution in [3.05, 3.63) is 29.8 Å². The third kappa shape index (κ3) is 5.23. The van der Waals surface area contributed by atoms with E-state index in [1.54, 1.807) is 0 Å². The minimum absolute atomic E-state index is 0.0207. The number of aliphatic hydroxyl groups excluding tert-OH is 1. The van der Waals surface area contributed by atoms with Gasteiger partial charge in [-0.05, 0) is 124 Å². The van der Waals surface area contributed by atoms with Crippen molar-refractivity contribution in [2.75, 3.05) is 13.2 Å². The number of hydrogen-bond acceptors (Lipinski definition) is 4. The summed E-state index contributed by atoms with van der Waals surface area (Å²) in [5, 5.41) is 11.4. The Hall–Kier alpha value is -1.39. The number of carbonyl (C=O) groups is 1. The molecule has 4 heteroatoms. The van der Waals surface area contributed by atoms with Crippen molar-refractivity contribution < 1.29 is 14.6 Å². The molecule has 0 heterocycles. The Kier molecular flexibility index (Phi) is 8.17. The molecule has 0 aromatic heterocycles. The van der Waals surface area contributed by atoms with Crippen LogP contribution in [0.3, 0.4) is 0 Å². The van der Waals surface area contributed by atoms with Crippen LogP contribution in [-0.4, -0.2) is 41.1 Å². The van der Waals surface area contributed by atoms with Crippen LogP contribution in [0.2, 0.25) is 0 Å². The number of hydrogen-bond donors (Lipinski definition) is 1. The average Bonchev–Trinajstić information content (AvgIpc) is 3.58. The number of benzene rings is 1. The van der Waals surface area contributed by atoms with E-state index in [0.717, 1.165) is 62.8 Å². The highest BCUT2D eigenvalue weighted by atomic mass is 16.5. The van der Waals surface area contributed by atoms with Crippen LogP contribution in [0, 0.1) is 34.5 Å². The summed E-state index contributed by atoms with van der Waals surface area (Å²) in [5.41, 5.74) is 1.71. The molecule has 0 aliphatic heterocycles. The van der Waals surface area contributed by atoms with Gasteiger partial charge in [0.05, 0.1) is 12.7 Å². The molecule has 0 radical (unpaired) electrons. The molecule has 5 saturated carbocycles. The van der Waals surface area contributed by atoms with Gasteiger partial charge >= 0.3 is 0 Å². The van der Waals surface area contributed by atoms with Gasteiger partial charge in [-0.25, -0.2) is 0 Å². The van der Waals surface area contributed by atoms with E-state index in [1.165, 1.54) is 69.9 Å². The highest BCUT2D eigenvalue weighted by Crippen LogP contribution is 2.66. The third-order valence-electron chi connectivity index (χ3n) is 12.6. The summed E-state index contributed by atoms with van der Waals surface area (Å²) in [6.07, 6.45) is 17.1. The van der Waals surface area contributed by atoms with Gasteiger partial charge in [-0.3, -0.25) is 9.69 Å². The molecule has 0 amide bonds. The topological polar surface area (TPSA) is 49.8 Å². The first-order valence-electron chi connectivity index (χ1n) is 16.6. The molecule has 0 spiro atoms. The summed E-state index contributed by atoms with van der Waals surface area (Å²) in [5.74, 6) is 4.15. The lowest BCUT2D eigenvalue weighted by Crippen LogP contribution is -2.55. The van der Waals surface area contributed by atoms with Crippen molar-refractivity contribution >= 4 is 5.78 Å². The maximum Gasteiger partial charge on any atom is 0.133 e. The van der Waals surface area contributed by atoms with E-state index in [0.29, 0.717) is 35.6 Å². The SMILES string of the molecule is CCCN(Cc1cccc(OCC[C@]23CCC4C(CCC5CC(=O)CC[C@@]54C)C2CC[C@@H]3O)c1)C1CCCC1. The standard InChI is InChI=1S/C35H53NO3/c1-3-20-36(27-8-4-5-9-27)24-25-7-6-10-29(22-25)39-21-19-35-18-16-31-30(32(35)13-14-33(35)38)12-11-26-23-28(37)15-17-34(26,31)2/h6-7,10,22,26-27,30-33,38H,3-5,8-9,11-21,23-24H2,1-2H3/t26?,30?,31?,32?,33-,34-,35+/m0/s1. The predicted octanol–water partition coefficient (Wildman–Crippen LogP) is 7.56. The second-order valence-corrected chi connectivity index (χ2v) is 14.4. The Bertz CT molecular complexity index is 1000. The fourth-order valence-corrected chi connectivity index (χ4v) is 10.6. The maximum atomic E-state index is 12.2. The minimum Gasteiger partial charge on any atom is -0.494 e. The largest absolute Gasteiger partial charge is 0.494 e. The molecule has 1 N–H and O–H groups in total. The maximum absolute atomic E-state index is 12.2. The zero-order valence-corrected chi connectivity index (χ0v) is 24.7. The summed E-state index contributed by atoms with van der Waals surface area (Å²) in [6, 6.07) is 9.55. The van der Waals surface area contributed by atoms with E-state index in [4.69, 9.17) is 4.74 Å². The molecular weight excluding hydrogens is 482 g/mol. The van der Waals surface area contributed by atoms with Gasteiger partial charge in [0, 0.05) is 30.8 Å². The number of nitrogens with zero attached hydrogens (tertiary/aromatic N) is 1. The smallest absolute Gasteiger partial charge is 0.133 e. The van der Waals surface area contributed by atoms with Crippen LogP contribution < -0.4 is 4.74 Å². The van der Waals surface area contributed by atoms with Gasteiger partial charge in [0.25, 0.3) is 0 Å². The van der Waals surface area contributed by atoms with E-state index in [9.17, 15) is 9.90 Å². The molecule has 4 unspecified atom stereocenters. The number of rotatable bonds is 9. The molecule has 39 heavy (non-hydrogen) atoms. The molecule has 4 nitrogen and oxygen atoms in total. The van der Waals surface area contributed by atoms with Gasteiger partial charge in [0.1, 0.15) is 11.5 Å². The van der Waals surface area contributed by atoms with Gasteiger partial charge < -0.3 is 9.84 Å². The number of fused-ring (bicyclic) bond motifs is 5. The lowest BCUT2D eigenvalue weighted by Gasteiger charge is -2.60. The molecule has 5 aliphatic rings. The summed E-state index contributed by atoms with van der Waals surface area (Å²) < 4.78 is 6.45. The fourth-order valence-electron chi connectivity index (χ4n) is 10.6. The molecule has 7 atom stereocenters. The van der Waals surface area contributed by atoms with Gasteiger partial charge in [-0.1, -0.05) is 38.8 Å². The van der Waals surface area contributed by atoms with Crippen molar-refractivity contribution in [1.82, 2.24) is 4.90 Å². The molecule has 0 saturated heterocycles. The summed E-state index contributed by atoms with van der Waals surface area (Å²) in [7, 11) is 0. The van der Waals surface area contributed by atoms with E-state index < -0.39 is 0 Å². The first kappa shape index (κ1) is 27.8. The van der Waals surface area contributed by atoms with Gasteiger partial charge in [0.2, 0.25) is 0 Å². The number of carbonyl (C=O) groups excluding carboxylic acids is 1. The van der Waals surface area contributed by atoms with Crippen LogP contribution in [0.5, 0.6) is 5.75 Å². The van der Waals surface area contributed by atoms with Crippen molar-refractivity contribution in [3.63, 3.8) is 0 Å². The molecule has 5 aliphatic carbocycles. The molecule has 6 rings (SSSR count). The van der Waals surface area contributed by atoms with Gasteiger partial charge in [-0.2, -0.15) is 0 Å². The molecule has 216 valence electrons. The zero-order chi connectivity index (χ0) is 27.0. The monoisotopic (exact) mass is 535 g/mol. The first-order chi connectivity index (χ1) is 18.9. The molecule has 1 aromatic carbocycles. The summed E-state index contributed by atoms with van der Waals surface area (Å²) in [6.45, 7) is 7.71. The number of ether oxygens (including phenoxy) is 1. The van der Waals surface area contributed by atoms with Crippen LogP contribution in [0.4, 0.5) is 0 Å². The van der Waals surface area contributed by atoms with E-state index >= 15 is 0 Å². The number of aliphatic hydroxyl groups is 1. The quantitative estimate of drug-likeness (QED) is 0.354. The first-order valence-corrected chi connectivity index (χ1v) is 16.6. The number of ketones is 1. The van der Waals surface area contributed by atoms with Crippen LogP contribution >= 0.6 is 0 Å². The molecule has 1 aromatic rings.